The zero-order chi connectivity index (χ0) is 14.4. The Labute approximate surface area is 130 Å². The second-order valence-corrected chi connectivity index (χ2v) is 6.20. The fraction of sp³-hybridized carbons (Fsp3) is 0.438. The molecule has 1 N–H and O–H groups in total. The van der Waals surface area contributed by atoms with E-state index in [1.807, 2.05) is 23.6 Å². The summed E-state index contributed by atoms with van der Waals surface area (Å²) in [5.41, 5.74) is 2.60. The van der Waals surface area contributed by atoms with Crippen molar-refractivity contribution in [2.75, 3.05) is 6.54 Å². The second kappa shape index (κ2) is 7.77. The van der Waals surface area contributed by atoms with Crippen LogP contribution in [-0.2, 0) is 12.8 Å². The van der Waals surface area contributed by atoms with Crippen LogP contribution < -0.4 is 5.32 Å². The van der Waals surface area contributed by atoms with Gasteiger partial charge in [0.2, 0.25) is 0 Å². The number of rotatable bonds is 7. The summed E-state index contributed by atoms with van der Waals surface area (Å²) in [7, 11) is 0. The number of aryl methyl sites for hydroxylation is 1. The molecule has 0 saturated heterocycles. The number of thiophene rings is 1. The van der Waals surface area contributed by atoms with Gasteiger partial charge in [0.1, 0.15) is 0 Å². The molecule has 0 bridgehead atoms. The van der Waals surface area contributed by atoms with Crippen LogP contribution in [0.2, 0.25) is 5.02 Å². The summed E-state index contributed by atoms with van der Waals surface area (Å²) in [6.07, 6.45) is 6.66. The summed E-state index contributed by atoms with van der Waals surface area (Å²) in [4.78, 5) is 5.50. The highest BCUT2D eigenvalue weighted by Gasteiger charge is 2.17. The van der Waals surface area contributed by atoms with Crippen LogP contribution in [0.4, 0.5) is 0 Å². The third kappa shape index (κ3) is 3.81. The molecule has 108 valence electrons. The van der Waals surface area contributed by atoms with Crippen molar-refractivity contribution in [3.63, 3.8) is 0 Å². The lowest BCUT2D eigenvalue weighted by molar-refractivity contribution is 0.533. The fourth-order valence-corrected chi connectivity index (χ4v) is 3.58. The van der Waals surface area contributed by atoms with Crippen LogP contribution in [0.3, 0.4) is 0 Å². The highest BCUT2D eigenvalue weighted by molar-refractivity contribution is 7.10. The monoisotopic (exact) mass is 308 g/mol. The first-order chi connectivity index (χ1) is 9.76. The van der Waals surface area contributed by atoms with Gasteiger partial charge >= 0.3 is 0 Å². The standard InChI is InChI=1S/C16H21ClN2S/c1-3-7-19-15(16-12(4-2)6-9-20-16)10-13-5-8-18-11-14(13)17/h5-6,8-9,11,15,19H,3-4,7,10H2,1-2H3. The SMILES string of the molecule is CCCNC(Cc1ccncc1Cl)c1sccc1CC. The molecule has 0 aliphatic heterocycles. The summed E-state index contributed by atoms with van der Waals surface area (Å²) >= 11 is 8.09. The van der Waals surface area contributed by atoms with Gasteiger partial charge in [0.25, 0.3) is 0 Å². The molecule has 20 heavy (non-hydrogen) atoms. The van der Waals surface area contributed by atoms with Gasteiger partial charge in [0.15, 0.2) is 0 Å². The lowest BCUT2D eigenvalue weighted by Gasteiger charge is -2.19. The van der Waals surface area contributed by atoms with Crippen molar-refractivity contribution in [3.05, 3.63) is 50.9 Å². The predicted octanol–water partition coefficient (Wildman–Crippen LogP) is 4.64. The van der Waals surface area contributed by atoms with Crippen LogP contribution >= 0.6 is 22.9 Å². The maximum Gasteiger partial charge on any atom is 0.0622 e. The van der Waals surface area contributed by atoms with Crippen LogP contribution in [0.1, 0.15) is 42.3 Å². The second-order valence-electron chi connectivity index (χ2n) is 4.84. The zero-order valence-electron chi connectivity index (χ0n) is 12.0. The molecule has 0 aliphatic rings. The maximum atomic E-state index is 6.25. The molecular weight excluding hydrogens is 288 g/mol. The van der Waals surface area contributed by atoms with Crippen molar-refractivity contribution in [2.24, 2.45) is 0 Å². The molecule has 0 fully saturated rings. The van der Waals surface area contributed by atoms with E-state index in [-0.39, 0.29) is 0 Å². The Morgan fingerprint density at radius 1 is 1.30 bits per heavy atom. The Kier molecular flexibility index (Phi) is 6.02. The Morgan fingerprint density at radius 2 is 2.15 bits per heavy atom. The summed E-state index contributed by atoms with van der Waals surface area (Å²) in [6, 6.07) is 4.58. The average molecular weight is 309 g/mol. The summed E-state index contributed by atoms with van der Waals surface area (Å²) in [6.45, 7) is 5.43. The van der Waals surface area contributed by atoms with Crippen molar-refractivity contribution < 1.29 is 0 Å². The van der Waals surface area contributed by atoms with Gasteiger partial charge in [-0.15, -0.1) is 11.3 Å². The first-order valence-electron chi connectivity index (χ1n) is 7.14. The zero-order valence-corrected chi connectivity index (χ0v) is 13.6. The van der Waals surface area contributed by atoms with Crippen LogP contribution in [-0.4, -0.2) is 11.5 Å². The summed E-state index contributed by atoms with van der Waals surface area (Å²) in [5, 5.41) is 6.59. The average Bonchev–Trinajstić information content (AvgIpc) is 2.93. The number of nitrogens with one attached hydrogen (secondary N) is 1. The third-order valence-electron chi connectivity index (χ3n) is 3.40. The molecule has 4 heteroatoms. The van der Waals surface area contributed by atoms with E-state index in [4.69, 9.17) is 11.6 Å². The van der Waals surface area contributed by atoms with Gasteiger partial charge < -0.3 is 5.32 Å². The molecule has 2 rings (SSSR count). The Bertz CT molecular complexity index is 539. The van der Waals surface area contributed by atoms with E-state index in [9.17, 15) is 0 Å². The minimum atomic E-state index is 0.338. The molecule has 1 unspecified atom stereocenters. The van der Waals surface area contributed by atoms with E-state index in [1.165, 1.54) is 10.4 Å². The number of hydrogen-bond donors (Lipinski definition) is 1. The normalized spacial score (nSPS) is 12.6. The van der Waals surface area contributed by atoms with E-state index in [0.29, 0.717) is 6.04 Å². The first kappa shape index (κ1) is 15.5. The molecule has 0 radical (unpaired) electrons. The van der Waals surface area contributed by atoms with E-state index < -0.39 is 0 Å². The Hall–Kier alpha value is -0.900. The minimum absolute atomic E-state index is 0.338. The lowest BCUT2D eigenvalue weighted by Crippen LogP contribution is -2.24. The minimum Gasteiger partial charge on any atom is -0.309 e. The van der Waals surface area contributed by atoms with E-state index in [2.05, 4.69) is 35.6 Å². The molecule has 0 aromatic carbocycles. The lowest BCUT2D eigenvalue weighted by atomic mass is 10.0. The van der Waals surface area contributed by atoms with E-state index in [1.54, 1.807) is 6.20 Å². The summed E-state index contributed by atoms with van der Waals surface area (Å²) < 4.78 is 0. The van der Waals surface area contributed by atoms with Crippen molar-refractivity contribution in [3.8, 4) is 0 Å². The highest BCUT2D eigenvalue weighted by atomic mass is 35.5. The Balaban J connectivity index is 2.22. The molecular formula is C16H21ClN2S. The highest BCUT2D eigenvalue weighted by Crippen LogP contribution is 2.29. The molecule has 1 atom stereocenters. The molecule has 2 aromatic rings. The van der Waals surface area contributed by atoms with Crippen LogP contribution in [0.15, 0.2) is 29.9 Å². The van der Waals surface area contributed by atoms with E-state index >= 15 is 0 Å². The van der Waals surface area contributed by atoms with Crippen molar-refractivity contribution in [2.45, 2.75) is 39.2 Å². The number of pyridine rings is 1. The molecule has 0 spiro atoms. The fourth-order valence-electron chi connectivity index (χ4n) is 2.31. The van der Waals surface area contributed by atoms with Gasteiger partial charge in [-0.25, -0.2) is 0 Å². The number of nitrogens with zero attached hydrogens (tertiary/aromatic N) is 1. The number of aromatic nitrogens is 1. The largest absolute Gasteiger partial charge is 0.309 e. The topological polar surface area (TPSA) is 24.9 Å². The molecule has 0 saturated carbocycles. The van der Waals surface area contributed by atoms with Gasteiger partial charge in [0.05, 0.1) is 5.02 Å². The maximum absolute atomic E-state index is 6.25. The quantitative estimate of drug-likeness (QED) is 0.806. The molecule has 2 nitrogen and oxygen atoms in total. The van der Waals surface area contributed by atoms with Crippen molar-refractivity contribution >= 4 is 22.9 Å². The van der Waals surface area contributed by atoms with Gasteiger partial charge in [-0.05, 0) is 54.4 Å². The van der Waals surface area contributed by atoms with Crippen molar-refractivity contribution in [1.29, 1.82) is 0 Å². The molecule has 0 amide bonds. The molecule has 0 aliphatic carbocycles. The van der Waals surface area contributed by atoms with E-state index in [0.717, 1.165) is 36.4 Å². The number of hydrogen-bond acceptors (Lipinski definition) is 3. The van der Waals surface area contributed by atoms with Crippen LogP contribution in [0, 0.1) is 0 Å². The summed E-state index contributed by atoms with van der Waals surface area (Å²) in [5.74, 6) is 0. The molecule has 2 heterocycles. The van der Waals surface area contributed by atoms with Gasteiger partial charge in [-0.1, -0.05) is 25.4 Å². The predicted molar refractivity (Wildman–Crippen MR) is 87.7 cm³/mol. The van der Waals surface area contributed by atoms with Gasteiger partial charge in [-0.2, -0.15) is 0 Å². The van der Waals surface area contributed by atoms with Crippen LogP contribution in [0.25, 0.3) is 0 Å². The Morgan fingerprint density at radius 3 is 2.85 bits per heavy atom. The smallest absolute Gasteiger partial charge is 0.0622 e. The molecule has 2 aromatic heterocycles. The number of halogens is 1. The van der Waals surface area contributed by atoms with Gasteiger partial charge in [0, 0.05) is 23.3 Å². The van der Waals surface area contributed by atoms with Crippen molar-refractivity contribution in [1.82, 2.24) is 10.3 Å². The first-order valence-corrected chi connectivity index (χ1v) is 8.40. The third-order valence-corrected chi connectivity index (χ3v) is 4.81. The van der Waals surface area contributed by atoms with Gasteiger partial charge in [-0.3, -0.25) is 4.98 Å². The van der Waals surface area contributed by atoms with Crippen LogP contribution in [0.5, 0.6) is 0 Å².